The van der Waals surface area contributed by atoms with Crippen molar-refractivity contribution in [1.82, 2.24) is 30.1 Å². The van der Waals surface area contributed by atoms with Crippen LogP contribution in [-0.2, 0) is 6.54 Å². The van der Waals surface area contributed by atoms with Crippen LogP contribution in [0.15, 0.2) is 18.6 Å². The van der Waals surface area contributed by atoms with E-state index in [9.17, 15) is 4.79 Å². The van der Waals surface area contributed by atoms with Crippen molar-refractivity contribution in [1.29, 1.82) is 0 Å². The minimum atomic E-state index is -0.0964. The Morgan fingerprint density at radius 1 is 1.42 bits per heavy atom. The van der Waals surface area contributed by atoms with Gasteiger partial charge in [0.25, 0.3) is 5.91 Å². The first-order valence-corrected chi connectivity index (χ1v) is 8.74. The van der Waals surface area contributed by atoms with Gasteiger partial charge in [-0.1, -0.05) is 13.8 Å². The quantitative estimate of drug-likeness (QED) is 0.789. The van der Waals surface area contributed by atoms with Crippen LogP contribution in [0.4, 0.5) is 0 Å². The summed E-state index contributed by atoms with van der Waals surface area (Å²) in [4.78, 5) is 19.2. The number of fused-ring (bicyclic) bond motifs is 1. The molecule has 2 aromatic rings. The SMILES string of the molecule is CCN(CC)Cc1cnc2c(C(=O)NC[C@@H]3CCNC3)cnn2c1. The molecule has 7 nitrogen and oxygen atoms in total. The van der Waals surface area contributed by atoms with Gasteiger partial charge in [-0.2, -0.15) is 5.10 Å². The van der Waals surface area contributed by atoms with Crippen LogP contribution >= 0.6 is 0 Å². The summed E-state index contributed by atoms with van der Waals surface area (Å²) in [5.74, 6) is 0.422. The molecular weight excluding hydrogens is 304 g/mol. The summed E-state index contributed by atoms with van der Waals surface area (Å²) >= 11 is 0. The molecule has 3 rings (SSSR count). The summed E-state index contributed by atoms with van der Waals surface area (Å²) < 4.78 is 1.70. The largest absolute Gasteiger partial charge is 0.352 e. The van der Waals surface area contributed by atoms with Gasteiger partial charge >= 0.3 is 0 Å². The van der Waals surface area contributed by atoms with E-state index in [1.54, 1.807) is 10.7 Å². The van der Waals surface area contributed by atoms with Crippen molar-refractivity contribution in [2.75, 3.05) is 32.7 Å². The predicted octanol–water partition coefficient (Wildman–Crippen LogP) is 0.910. The first kappa shape index (κ1) is 16.9. The van der Waals surface area contributed by atoms with Crippen LogP contribution in [0, 0.1) is 5.92 Å². The highest BCUT2D eigenvalue weighted by molar-refractivity contribution is 5.99. The zero-order valence-corrected chi connectivity index (χ0v) is 14.5. The zero-order chi connectivity index (χ0) is 16.9. The van der Waals surface area contributed by atoms with Crippen LogP contribution in [0.2, 0.25) is 0 Å². The van der Waals surface area contributed by atoms with Crippen LogP contribution in [0.25, 0.3) is 5.65 Å². The Morgan fingerprint density at radius 2 is 2.25 bits per heavy atom. The Labute approximate surface area is 142 Å². The minimum Gasteiger partial charge on any atom is -0.352 e. The fourth-order valence-electron chi connectivity index (χ4n) is 3.08. The predicted molar refractivity (Wildman–Crippen MR) is 92.9 cm³/mol. The normalized spacial score (nSPS) is 17.7. The van der Waals surface area contributed by atoms with Gasteiger partial charge in [0.1, 0.15) is 5.56 Å². The molecule has 1 aliphatic heterocycles. The second-order valence-corrected chi connectivity index (χ2v) is 6.32. The third-order valence-electron chi connectivity index (χ3n) is 4.67. The van der Waals surface area contributed by atoms with Gasteiger partial charge < -0.3 is 10.6 Å². The van der Waals surface area contributed by atoms with Crippen LogP contribution in [0.3, 0.4) is 0 Å². The maximum Gasteiger partial charge on any atom is 0.256 e. The zero-order valence-electron chi connectivity index (χ0n) is 14.5. The van der Waals surface area contributed by atoms with Crippen molar-refractivity contribution >= 4 is 11.6 Å². The van der Waals surface area contributed by atoms with Crippen molar-refractivity contribution in [3.63, 3.8) is 0 Å². The summed E-state index contributed by atoms with van der Waals surface area (Å²) in [5, 5.41) is 10.6. The van der Waals surface area contributed by atoms with E-state index in [1.807, 2.05) is 12.4 Å². The van der Waals surface area contributed by atoms with E-state index in [2.05, 4.69) is 39.5 Å². The van der Waals surface area contributed by atoms with Crippen molar-refractivity contribution in [3.05, 3.63) is 29.7 Å². The second-order valence-electron chi connectivity index (χ2n) is 6.32. The maximum atomic E-state index is 12.4. The van der Waals surface area contributed by atoms with Gasteiger partial charge in [0.15, 0.2) is 5.65 Å². The van der Waals surface area contributed by atoms with Gasteiger partial charge in [-0.25, -0.2) is 9.50 Å². The maximum absolute atomic E-state index is 12.4. The van der Waals surface area contributed by atoms with E-state index >= 15 is 0 Å². The van der Waals surface area contributed by atoms with E-state index in [4.69, 9.17) is 0 Å². The number of hydrogen-bond donors (Lipinski definition) is 2. The second kappa shape index (κ2) is 7.72. The summed E-state index contributed by atoms with van der Waals surface area (Å²) in [6, 6.07) is 0. The number of amides is 1. The third kappa shape index (κ3) is 3.73. The molecule has 1 amide bonds. The topological polar surface area (TPSA) is 74.6 Å². The first-order chi connectivity index (χ1) is 11.7. The Bertz CT molecular complexity index is 687. The average molecular weight is 330 g/mol. The van der Waals surface area contributed by atoms with Gasteiger partial charge in [-0.3, -0.25) is 9.69 Å². The van der Waals surface area contributed by atoms with E-state index in [-0.39, 0.29) is 5.91 Å². The molecule has 0 aliphatic carbocycles. The Morgan fingerprint density at radius 3 is 2.96 bits per heavy atom. The van der Waals surface area contributed by atoms with Gasteiger partial charge in [-0.15, -0.1) is 0 Å². The molecule has 0 radical (unpaired) electrons. The number of rotatable bonds is 7. The van der Waals surface area contributed by atoms with E-state index < -0.39 is 0 Å². The molecule has 2 aromatic heterocycles. The lowest BCUT2D eigenvalue weighted by Crippen LogP contribution is -2.30. The molecule has 0 bridgehead atoms. The lowest BCUT2D eigenvalue weighted by molar-refractivity contribution is 0.0949. The van der Waals surface area contributed by atoms with Crippen molar-refractivity contribution in [2.45, 2.75) is 26.8 Å². The molecule has 2 N–H and O–H groups in total. The number of nitrogens with zero attached hydrogens (tertiary/aromatic N) is 4. The molecule has 0 unspecified atom stereocenters. The molecule has 0 aromatic carbocycles. The monoisotopic (exact) mass is 330 g/mol. The Hall–Kier alpha value is -1.99. The third-order valence-corrected chi connectivity index (χ3v) is 4.67. The number of carbonyl (C=O) groups excluding carboxylic acids is 1. The van der Waals surface area contributed by atoms with Crippen molar-refractivity contribution in [2.24, 2.45) is 5.92 Å². The number of carbonyl (C=O) groups is 1. The molecule has 1 fully saturated rings. The van der Waals surface area contributed by atoms with Gasteiger partial charge in [0.05, 0.1) is 6.20 Å². The smallest absolute Gasteiger partial charge is 0.256 e. The summed E-state index contributed by atoms with van der Waals surface area (Å²) in [7, 11) is 0. The van der Waals surface area contributed by atoms with Crippen LogP contribution in [-0.4, -0.2) is 58.1 Å². The first-order valence-electron chi connectivity index (χ1n) is 8.74. The summed E-state index contributed by atoms with van der Waals surface area (Å²) in [6.07, 6.45) is 6.51. The fraction of sp³-hybridized carbons (Fsp3) is 0.588. The van der Waals surface area contributed by atoms with Gasteiger partial charge in [-0.05, 0) is 38.5 Å². The molecule has 7 heteroatoms. The average Bonchev–Trinajstić information content (AvgIpc) is 3.26. The van der Waals surface area contributed by atoms with Crippen LogP contribution in [0.1, 0.15) is 36.2 Å². The molecular formula is C17H26N6O. The number of aromatic nitrogens is 3. The van der Waals surface area contributed by atoms with E-state index in [1.165, 1.54) is 0 Å². The highest BCUT2D eigenvalue weighted by Crippen LogP contribution is 2.11. The lowest BCUT2D eigenvalue weighted by atomic mass is 10.1. The standard InChI is InChI=1S/C17H26N6O/c1-3-22(4-2)11-14-9-19-16-15(10-21-23(16)12-14)17(24)20-8-13-5-6-18-7-13/h9-10,12-13,18H,3-8,11H2,1-2H3,(H,20,24)/t13-/m1/s1. The Balaban J connectivity index is 1.69. The molecule has 3 heterocycles. The fourth-order valence-corrected chi connectivity index (χ4v) is 3.08. The molecule has 0 spiro atoms. The van der Waals surface area contributed by atoms with Crippen molar-refractivity contribution in [3.8, 4) is 0 Å². The highest BCUT2D eigenvalue weighted by atomic mass is 16.1. The summed E-state index contributed by atoms with van der Waals surface area (Å²) in [6.45, 7) is 9.83. The molecule has 24 heavy (non-hydrogen) atoms. The summed E-state index contributed by atoms with van der Waals surface area (Å²) in [5.41, 5.74) is 2.24. The minimum absolute atomic E-state index is 0.0964. The van der Waals surface area contributed by atoms with Gasteiger partial charge in [0, 0.05) is 31.0 Å². The number of hydrogen-bond acceptors (Lipinski definition) is 5. The molecule has 1 saturated heterocycles. The molecule has 0 saturated carbocycles. The number of nitrogens with one attached hydrogen (secondary N) is 2. The van der Waals surface area contributed by atoms with Crippen LogP contribution < -0.4 is 10.6 Å². The Kier molecular flexibility index (Phi) is 5.42. The molecule has 130 valence electrons. The van der Waals surface area contributed by atoms with Gasteiger partial charge in [0.2, 0.25) is 0 Å². The highest BCUT2D eigenvalue weighted by Gasteiger charge is 2.18. The van der Waals surface area contributed by atoms with Crippen molar-refractivity contribution < 1.29 is 4.79 Å². The van der Waals surface area contributed by atoms with Crippen LogP contribution in [0.5, 0.6) is 0 Å². The lowest BCUT2D eigenvalue weighted by Gasteiger charge is -2.17. The molecule has 1 atom stereocenters. The molecule has 1 aliphatic rings. The van der Waals surface area contributed by atoms with E-state index in [0.29, 0.717) is 23.7 Å². The van der Waals surface area contributed by atoms with E-state index in [0.717, 1.165) is 44.7 Å².